The van der Waals surface area contributed by atoms with Gasteiger partial charge in [0.15, 0.2) is 5.65 Å². The summed E-state index contributed by atoms with van der Waals surface area (Å²) in [6, 6.07) is 14.3. The monoisotopic (exact) mass is 315 g/mol. The molecule has 4 rings (SSSR count). The lowest BCUT2D eigenvalue weighted by Crippen LogP contribution is -2.12. The molecule has 24 heavy (non-hydrogen) atoms. The van der Waals surface area contributed by atoms with Crippen LogP contribution in [-0.4, -0.2) is 26.6 Å². The Morgan fingerprint density at radius 3 is 2.58 bits per heavy atom. The molecule has 5 nitrogen and oxygen atoms in total. The van der Waals surface area contributed by atoms with Crippen molar-refractivity contribution in [1.29, 1.82) is 0 Å². The summed E-state index contributed by atoms with van der Waals surface area (Å²) in [6.45, 7) is 2.08. The Kier molecular flexibility index (Phi) is 3.46. The van der Waals surface area contributed by atoms with E-state index in [4.69, 9.17) is 4.98 Å². The van der Waals surface area contributed by atoms with E-state index in [1.165, 1.54) is 5.56 Å². The van der Waals surface area contributed by atoms with Crippen LogP contribution >= 0.6 is 0 Å². The highest BCUT2D eigenvalue weighted by atomic mass is 15.3. The van der Waals surface area contributed by atoms with Crippen molar-refractivity contribution in [1.82, 2.24) is 19.6 Å². The molecule has 1 aromatic carbocycles. The first kappa shape index (κ1) is 14.4. The van der Waals surface area contributed by atoms with Crippen LogP contribution in [0.4, 0.5) is 11.5 Å². The van der Waals surface area contributed by atoms with Gasteiger partial charge in [0.05, 0.1) is 18.1 Å². The van der Waals surface area contributed by atoms with E-state index in [-0.39, 0.29) is 0 Å². The predicted molar refractivity (Wildman–Crippen MR) is 95.5 cm³/mol. The third-order valence-electron chi connectivity index (χ3n) is 4.09. The van der Waals surface area contributed by atoms with Gasteiger partial charge in [-0.3, -0.25) is 4.98 Å². The van der Waals surface area contributed by atoms with Crippen molar-refractivity contribution < 1.29 is 0 Å². The molecule has 4 aromatic rings. The minimum absolute atomic E-state index is 0.840. The summed E-state index contributed by atoms with van der Waals surface area (Å²) in [4.78, 5) is 11.0. The number of pyridine rings is 1. The Morgan fingerprint density at radius 1 is 1.00 bits per heavy atom. The van der Waals surface area contributed by atoms with Gasteiger partial charge in [0.2, 0.25) is 0 Å². The lowest BCUT2D eigenvalue weighted by Gasteiger charge is -2.17. The Balaban J connectivity index is 1.80. The van der Waals surface area contributed by atoms with Crippen molar-refractivity contribution in [2.75, 3.05) is 11.9 Å². The third kappa shape index (κ3) is 2.50. The fourth-order valence-corrected chi connectivity index (χ4v) is 2.67. The number of fused-ring (bicyclic) bond motifs is 1. The molecule has 0 saturated carbocycles. The molecular weight excluding hydrogens is 298 g/mol. The number of hydrogen-bond donors (Lipinski definition) is 0. The van der Waals surface area contributed by atoms with Crippen LogP contribution in [0.5, 0.6) is 0 Å². The van der Waals surface area contributed by atoms with Gasteiger partial charge in [-0.05, 0) is 30.7 Å². The summed E-state index contributed by atoms with van der Waals surface area (Å²) in [5.41, 5.74) is 5.21. The molecule has 0 aliphatic carbocycles. The number of rotatable bonds is 3. The van der Waals surface area contributed by atoms with Gasteiger partial charge < -0.3 is 4.90 Å². The minimum Gasteiger partial charge on any atom is -0.328 e. The van der Waals surface area contributed by atoms with Crippen LogP contribution < -0.4 is 4.90 Å². The second kappa shape index (κ2) is 5.77. The maximum absolute atomic E-state index is 4.81. The highest BCUT2D eigenvalue weighted by Gasteiger charge is 2.11. The maximum atomic E-state index is 4.81. The lowest BCUT2D eigenvalue weighted by atomic mass is 10.1. The van der Waals surface area contributed by atoms with Crippen LogP contribution in [0.1, 0.15) is 5.56 Å². The molecule has 0 bridgehead atoms. The quantitative estimate of drug-likeness (QED) is 0.576. The van der Waals surface area contributed by atoms with Crippen LogP contribution in [-0.2, 0) is 0 Å². The van der Waals surface area contributed by atoms with E-state index in [0.29, 0.717) is 0 Å². The highest BCUT2D eigenvalue weighted by molar-refractivity contribution is 5.78. The molecule has 0 saturated heterocycles. The standard InChI is InChI=1S/C19H17N5/c1-14-5-7-15(8-6-14)17-13-21-24-11-9-18(22-19(17)24)23(2)16-4-3-10-20-12-16/h3-13H,1-2H3. The Bertz CT molecular complexity index is 974. The second-order valence-electron chi connectivity index (χ2n) is 5.75. The lowest BCUT2D eigenvalue weighted by molar-refractivity contribution is 0.933. The van der Waals surface area contributed by atoms with E-state index >= 15 is 0 Å². The van der Waals surface area contributed by atoms with Crippen molar-refractivity contribution in [3.05, 3.63) is 72.8 Å². The normalized spacial score (nSPS) is 10.9. The molecule has 118 valence electrons. The van der Waals surface area contributed by atoms with Crippen molar-refractivity contribution >= 4 is 17.2 Å². The molecule has 0 N–H and O–H groups in total. The van der Waals surface area contributed by atoms with Gasteiger partial charge in [-0.25, -0.2) is 9.50 Å². The van der Waals surface area contributed by atoms with Crippen molar-refractivity contribution in [3.63, 3.8) is 0 Å². The maximum Gasteiger partial charge on any atom is 0.165 e. The molecule has 0 aliphatic rings. The fourth-order valence-electron chi connectivity index (χ4n) is 2.67. The fraction of sp³-hybridized carbons (Fsp3) is 0.105. The summed E-state index contributed by atoms with van der Waals surface area (Å²) in [7, 11) is 1.98. The van der Waals surface area contributed by atoms with Crippen molar-refractivity contribution in [2.24, 2.45) is 0 Å². The van der Waals surface area contributed by atoms with Crippen LogP contribution in [0.3, 0.4) is 0 Å². The molecular formula is C19H17N5. The van der Waals surface area contributed by atoms with Crippen molar-refractivity contribution in [3.8, 4) is 11.1 Å². The van der Waals surface area contributed by atoms with Gasteiger partial charge in [0.25, 0.3) is 0 Å². The Labute approximate surface area is 140 Å². The van der Waals surface area contributed by atoms with E-state index in [0.717, 1.165) is 28.3 Å². The molecule has 3 aromatic heterocycles. The molecule has 5 heteroatoms. The molecule has 3 heterocycles. The Hall–Kier alpha value is -3.21. The smallest absolute Gasteiger partial charge is 0.165 e. The van der Waals surface area contributed by atoms with Crippen LogP contribution in [0, 0.1) is 6.92 Å². The number of hydrogen-bond acceptors (Lipinski definition) is 4. The summed E-state index contributed by atoms with van der Waals surface area (Å²) in [6.07, 6.45) is 7.38. The molecule has 0 aliphatic heterocycles. The van der Waals surface area contributed by atoms with E-state index < -0.39 is 0 Å². The third-order valence-corrected chi connectivity index (χ3v) is 4.09. The first-order valence-corrected chi connectivity index (χ1v) is 7.77. The first-order valence-electron chi connectivity index (χ1n) is 7.77. The summed E-state index contributed by atoms with van der Waals surface area (Å²) in [5.74, 6) is 0.851. The topological polar surface area (TPSA) is 46.3 Å². The SMILES string of the molecule is Cc1ccc(-c2cnn3ccc(N(C)c4cccnc4)nc23)cc1. The zero-order valence-electron chi connectivity index (χ0n) is 13.6. The summed E-state index contributed by atoms with van der Waals surface area (Å²) >= 11 is 0. The molecule has 0 atom stereocenters. The van der Waals surface area contributed by atoms with E-state index in [9.17, 15) is 0 Å². The zero-order valence-corrected chi connectivity index (χ0v) is 13.6. The number of aryl methyl sites for hydroxylation is 1. The Morgan fingerprint density at radius 2 is 1.83 bits per heavy atom. The van der Waals surface area contributed by atoms with Crippen LogP contribution in [0.15, 0.2) is 67.3 Å². The van der Waals surface area contributed by atoms with E-state index in [1.807, 2.05) is 48.7 Å². The highest BCUT2D eigenvalue weighted by Crippen LogP contribution is 2.26. The van der Waals surface area contributed by atoms with Gasteiger partial charge in [0.1, 0.15) is 5.82 Å². The summed E-state index contributed by atoms with van der Waals surface area (Å²) < 4.78 is 1.80. The van der Waals surface area contributed by atoms with Gasteiger partial charge in [-0.2, -0.15) is 5.10 Å². The molecule has 0 radical (unpaired) electrons. The largest absolute Gasteiger partial charge is 0.328 e. The molecule has 0 unspecified atom stereocenters. The second-order valence-corrected chi connectivity index (χ2v) is 5.75. The predicted octanol–water partition coefficient (Wildman–Crippen LogP) is 3.87. The average molecular weight is 315 g/mol. The van der Waals surface area contributed by atoms with Crippen molar-refractivity contribution in [2.45, 2.75) is 6.92 Å². The van der Waals surface area contributed by atoms with Gasteiger partial charge in [-0.15, -0.1) is 0 Å². The van der Waals surface area contributed by atoms with Gasteiger partial charge in [-0.1, -0.05) is 29.8 Å². The number of anilines is 2. The summed E-state index contributed by atoms with van der Waals surface area (Å²) in [5, 5.41) is 4.41. The number of nitrogens with zero attached hydrogens (tertiary/aromatic N) is 5. The number of benzene rings is 1. The van der Waals surface area contributed by atoms with Crippen LogP contribution in [0.25, 0.3) is 16.8 Å². The van der Waals surface area contributed by atoms with Crippen LogP contribution in [0.2, 0.25) is 0 Å². The van der Waals surface area contributed by atoms with Gasteiger partial charge in [0, 0.05) is 25.0 Å². The van der Waals surface area contributed by atoms with E-state index in [2.05, 4.69) is 41.3 Å². The van der Waals surface area contributed by atoms with E-state index in [1.54, 1.807) is 10.7 Å². The zero-order chi connectivity index (χ0) is 16.5. The molecule has 0 amide bonds. The molecule has 0 fully saturated rings. The van der Waals surface area contributed by atoms with Gasteiger partial charge >= 0.3 is 0 Å². The minimum atomic E-state index is 0.840. The number of aromatic nitrogens is 4. The average Bonchev–Trinajstić information content (AvgIpc) is 3.05. The molecule has 0 spiro atoms. The first-order chi connectivity index (χ1) is 11.7.